The highest BCUT2D eigenvalue weighted by Gasteiger charge is 2.11. The average molecular weight is 397 g/mol. The Morgan fingerprint density at radius 2 is 1.63 bits per heavy atom. The largest absolute Gasteiger partial charge is 0.366 e. The van der Waals surface area contributed by atoms with E-state index in [-0.39, 0.29) is 0 Å². The molecular formula is C23H19N5O2. The Morgan fingerprint density at radius 1 is 0.900 bits per heavy atom. The van der Waals surface area contributed by atoms with Crippen molar-refractivity contribution < 1.29 is 9.59 Å². The number of hydrogen-bond donors (Lipinski definition) is 4. The highest BCUT2D eigenvalue weighted by atomic mass is 16.1. The molecule has 4 aromatic rings. The van der Waals surface area contributed by atoms with E-state index in [4.69, 9.17) is 11.5 Å². The molecule has 2 amide bonds. The number of anilines is 2. The highest BCUT2D eigenvalue weighted by molar-refractivity contribution is 6.24. The van der Waals surface area contributed by atoms with Crippen LogP contribution in [-0.4, -0.2) is 21.8 Å². The number of nitrogens with zero attached hydrogens (tertiary/aromatic N) is 1. The zero-order chi connectivity index (χ0) is 21.1. The minimum absolute atomic E-state index is 0.424. The SMILES string of the molecule is NC(=O)/C(=C\c1c[nH]c2nc(Nc3ccc(C(N)=O)cc3)ccc12)c1ccccc1. The summed E-state index contributed by atoms with van der Waals surface area (Å²) in [6.45, 7) is 0. The van der Waals surface area contributed by atoms with Gasteiger partial charge in [-0.25, -0.2) is 4.98 Å². The van der Waals surface area contributed by atoms with Gasteiger partial charge in [0, 0.05) is 34.0 Å². The quantitative estimate of drug-likeness (QED) is 0.372. The summed E-state index contributed by atoms with van der Waals surface area (Å²) < 4.78 is 0. The summed E-state index contributed by atoms with van der Waals surface area (Å²) in [5, 5.41) is 4.04. The summed E-state index contributed by atoms with van der Waals surface area (Å²) in [6.07, 6.45) is 3.54. The first kappa shape index (κ1) is 18.9. The van der Waals surface area contributed by atoms with Crippen molar-refractivity contribution in [1.82, 2.24) is 9.97 Å². The summed E-state index contributed by atoms with van der Waals surface area (Å²) in [4.78, 5) is 30.8. The Hall–Kier alpha value is -4.39. The number of pyridine rings is 1. The minimum Gasteiger partial charge on any atom is -0.366 e. The molecule has 0 bridgehead atoms. The van der Waals surface area contributed by atoms with E-state index < -0.39 is 11.8 Å². The molecule has 2 aromatic carbocycles. The minimum atomic E-state index is -0.499. The van der Waals surface area contributed by atoms with E-state index in [1.807, 2.05) is 42.5 Å². The lowest BCUT2D eigenvalue weighted by molar-refractivity contribution is -0.112. The van der Waals surface area contributed by atoms with Gasteiger partial charge in [-0.1, -0.05) is 30.3 Å². The predicted octanol–water partition coefficient (Wildman–Crippen LogP) is 3.43. The number of nitrogens with one attached hydrogen (secondary N) is 2. The van der Waals surface area contributed by atoms with Gasteiger partial charge in [-0.05, 0) is 48.0 Å². The molecule has 7 heteroatoms. The van der Waals surface area contributed by atoms with E-state index in [0.29, 0.717) is 22.6 Å². The lowest BCUT2D eigenvalue weighted by Gasteiger charge is -2.06. The number of hydrogen-bond acceptors (Lipinski definition) is 4. The van der Waals surface area contributed by atoms with Crippen LogP contribution in [0.25, 0.3) is 22.7 Å². The van der Waals surface area contributed by atoms with Crippen LogP contribution in [0.5, 0.6) is 0 Å². The third-order valence-corrected chi connectivity index (χ3v) is 4.66. The number of nitrogens with two attached hydrogens (primary N) is 2. The normalized spacial score (nSPS) is 11.4. The van der Waals surface area contributed by atoms with Crippen molar-refractivity contribution in [2.75, 3.05) is 5.32 Å². The fourth-order valence-corrected chi connectivity index (χ4v) is 3.15. The number of H-pyrrole nitrogens is 1. The molecule has 6 N–H and O–H groups in total. The molecule has 0 aliphatic heterocycles. The zero-order valence-corrected chi connectivity index (χ0v) is 15.9. The number of fused-ring (bicyclic) bond motifs is 1. The van der Waals surface area contributed by atoms with Crippen molar-refractivity contribution in [3.63, 3.8) is 0 Å². The average Bonchev–Trinajstić information content (AvgIpc) is 3.15. The van der Waals surface area contributed by atoms with Crippen molar-refractivity contribution in [2.45, 2.75) is 0 Å². The third-order valence-electron chi connectivity index (χ3n) is 4.66. The van der Waals surface area contributed by atoms with Crippen molar-refractivity contribution in [1.29, 1.82) is 0 Å². The van der Waals surface area contributed by atoms with Gasteiger partial charge in [-0.2, -0.15) is 0 Å². The van der Waals surface area contributed by atoms with Gasteiger partial charge in [0.2, 0.25) is 11.8 Å². The second-order valence-electron chi connectivity index (χ2n) is 6.69. The molecule has 4 rings (SSSR count). The molecule has 2 heterocycles. The first-order valence-electron chi connectivity index (χ1n) is 9.23. The molecule has 148 valence electrons. The van der Waals surface area contributed by atoms with Crippen LogP contribution < -0.4 is 16.8 Å². The maximum atomic E-state index is 12.0. The van der Waals surface area contributed by atoms with Gasteiger partial charge < -0.3 is 21.8 Å². The first-order valence-corrected chi connectivity index (χ1v) is 9.23. The van der Waals surface area contributed by atoms with Gasteiger partial charge in [0.25, 0.3) is 0 Å². The Balaban J connectivity index is 1.63. The summed E-state index contributed by atoms with van der Waals surface area (Å²) in [6, 6.07) is 19.8. The van der Waals surface area contributed by atoms with Crippen molar-refractivity contribution >= 4 is 46.0 Å². The van der Waals surface area contributed by atoms with E-state index in [2.05, 4.69) is 15.3 Å². The number of aromatic nitrogens is 2. The van der Waals surface area contributed by atoms with Crippen LogP contribution in [0.4, 0.5) is 11.5 Å². The van der Waals surface area contributed by atoms with Crippen molar-refractivity contribution in [2.24, 2.45) is 11.5 Å². The number of aromatic amines is 1. The van der Waals surface area contributed by atoms with Crippen LogP contribution in [0.2, 0.25) is 0 Å². The number of rotatable bonds is 6. The predicted molar refractivity (Wildman–Crippen MR) is 118 cm³/mol. The number of primary amides is 2. The second kappa shape index (κ2) is 7.92. The third kappa shape index (κ3) is 3.90. The molecule has 2 aromatic heterocycles. The van der Waals surface area contributed by atoms with Crippen LogP contribution in [0.3, 0.4) is 0 Å². The molecule has 0 aliphatic rings. The van der Waals surface area contributed by atoms with E-state index in [1.165, 1.54) is 0 Å². The molecule has 0 aliphatic carbocycles. The molecule has 0 saturated heterocycles. The first-order chi connectivity index (χ1) is 14.5. The van der Waals surface area contributed by atoms with Crippen LogP contribution in [0.1, 0.15) is 21.5 Å². The smallest absolute Gasteiger partial charge is 0.249 e. The van der Waals surface area contributed by atoms with Crippen LogP contribution in [0, 0.1) is 0 Å². The summed E-state index contributed by atoms with van der Waals surface area (Å²) >= 11 is 0. The molecule has 0 saturated carbocycles. The van der Waals surface area contributed by atoms with E-state index in [1.54, 1.807) is 36.5 Å². The molecule has 7 nitrogen and oxygen atoms in total. The standard InChI is InChI=1S/C23H19N5O2/c24-21(29)15-6-8-17(9-7-15)27-20-11-10-18-16(13-26-23(18)28-20)12-19(22(25)30)14-4-2-1-3-5-14/h1-13H,(H2,24,29)(H2,25,30)(H2,26,27,28)/b19-12-. The summed E-state index contributed by atoms with van der Waals surface area (Å²) in [7, 11) is 0. The number of carbonyl (C=O) groups is 2. The Morgan fingerprint density at radius 3 is 2.30 bits per heavy atom. The van der Waals surface area contributed by atoms with Gasteiger partial charge in [0.1, 0.15) is 11.5 Å². The number of benzene rings is 2. The van der Waals surface area contributed by atoms with E-state index in [0.717, 1.165) is 22.2 Å². The van der Waals surface area contributed by atoms with Gasteiger partial charge in [-0.15, -0.1) is 0 Å². The number of amides is 2. The van der Waals surface area contributed by atoms with Crippen molar-refractivity contribution in [3.05, 3.63) is 89.6 Å². The highest BCUT2D eigenvalue weighted by Crippen LogP contribution is 2.25. The zero-order valence-electron chi connectivity index (χ0n) is 15.9. The molecule has 0 fully saturated rings. The van der Waals surface area contributed by atoms with Crippen LogP contribution in [-0.2, 0) is 4.79 Å². The lowest BCUT2D eigenvalue weighted by Crippen LogP contribution is -2.12. The topological polar surface area (TPSA) is 127 Å². The fraction of sp³-hybridized carbons (Fsp3) is 0. The van der Waals surface area contributed by atoms with Gasteiger partial charge >= 0.3 is 0 Å². The van der Waals surface area contributed by atoms with Gasteiger partial charge in [0.05, 0.1) is 0 Å². The molecule has 0 unspecified atom stereocenters. The van der Waals surface area contributed by atoms with Crippen molar-refractivity contribution in [3.8, 4) is 0 Å². The second-order valence-corrected chi connectivity index (χ2v) is 6.69. The maximum absolute atomic E-state index is 12.0. The maximum Gasteiger partial charge on any atom is 0.249 e. The summed E-state index contributed by atoms with van der Waals surface area (Å²) in [5.74, 6) is -0.343. The van der Waals surface area contributed by atoms with E-state index in [9.17, 15) is 9.59 Å². The molecule has 0 radical (unpaired) electrons. The molecular weight excluding hydrogens is 378 g/mol. The Bertz CT molecular complexity index is 1260. The monoisotopic (exact) mass is 397 g/mol. The van der Waals surface area contributed by atoms with Gasteiger partial charge in [-0.3, -0.25) is 9.59 Å². The van der Waals surface area contributed by atoms with E-state index >= 15 is 0 Å². The lowest BCUT2D eigenvalue weighted by atomic mass is 10.0. The molecule has 0 atom stereocenters. The van der Waals surface area contributed by atoms with Gasteiger partial charge in [0.15, 0.2) is 0 Å². The fourth-order valence-electron chi connectivity index (χ4n) is 3.15. The Kier molecular flexibility index (Phi) is 5.00. The number of carbonyl (C=O) groups excluding carboxylic acids is 2. The Labute approximate surface area is 172 Å². The molecule has 0 spiro atoms. The summed E-state index contributed by atoms with van der Waals surface area (Å²) in [5.41, 5.74) is 14.7. The molecule has 30 heavy (non-hydrogen) atoms. The van der Waals surface area contributed by atoms with Crippen LogP contribution >= 0.6 is 0 Å². The van der Waals surface area contributed by atoms with Crippen LogP contribution in [0.15, 0.2) is 72.9 Å².